The van der Waals surface area contributed by atoms with Crippen molar-refractivity contribution in [3.8, 4) is 5.75 Å². The Balaban J connectivity index is 2.24. The molecule has 0 aliphatic rings. The first-order chi connectivity index (χ1) is 9.29. The van der Waals surface area contributed by atoms with Crippen molar-refractivity contribution in [2.75, 3.05) is 13.1 Å². The van der Waals surface area contributed by atoms with Crippen molar-refractivity contribution >= 4 is 17.7 Å². The molecule has 0 aliphatic heterocycles. The smallest absolute Gasteiger partial charge is 0.407 e. The van der Waals surface area contributed by atoms with E-state index in [1.165, 1.54) is 0 Å². The van der Waals surface area contributed by atoms with E-state index in [1.807, 2.05) is 20.8 Å². The molecule has 0 spiro atoms. The van der Waals surface area contributed by atoms with E-state index >= 15 is 0 Å². The molecule has 0 aliphatic carbocycles. The zero-order chi connectivity index (χ0) is 15.2. The lowest BCUT2D eigenvalue weighted by Gasteiger charge is -2.19. The second-order valence-electron chi connectivity index (χ2n) is 5.34. The van der Waals surface area contributed by atoms with Gasteiger partial charge in [0.1, 0.15) is 11.4 Å². The molecule has 0 aromatic heterocycles. The van der Waals surface area contributed by atoms with Crippen molar-refractivity contribution in [2.24, 2.45) is 0 Å². The van der Waals surface area contributed by atoms with Gasteiger partial charge in [-0.25, -0.2) is 4.79 Å². The standard InChI is InChI=1S/C14H21ClN2O3/c1-14(2,3)20-13(19)17-8-7-16-9-10-11(15)5-4-6-12(10)18/h4-6,16,18H,7-9H2,1-3H3,(H,17,19). The predicted molar refractivity (Wildman–Crippen MR) is 79.1 cm³/mol. The molecule has 1 rings (SSSR count). The largest absolute Gasteiger partial charge is 0.508 e. The fraction of sp³-hybridized carbons (Fsp3) is 0.500. The maximum atomic E-state index is 11.4. The second-order valence-corrected chi connectivity index (χ2v) is 5.75. The van der Waals surface area contributed by atoms with E-state index < -0.39 is 11.7 Å². The van der Waals surface area contributed by atoms with E-state index in [-0.39, 0.29) is 5.75 Å². The third-order valence-electron chi connectivity index (χ3n) is 2.37. The first-order valence-electron chi connectivity index (χ1n) is 6.43. The highest BCUT2D eigenvalue weighted by Crippen LogP contribution is 2.24. The summed E-state index contributed by atoms with van der Waals surface area (Å²) < 4.78 is 5.10. The Hall–Kier alpha value is -1.46. The van der Waals surface area contributed by atoms with Gasteiger partial charge in [0.2, 0.25) is 0 Å². The summed E-state index contributed by atoms with van der Waals surface area (Å²) >= 11 is 5.98. The molecule has 0 heterocycles. The number of rotatable bonds is 5. The number of carbonyl (C=O) groups excluding carboxylic acids is 1. The van der Waals surface area contributed by atoms with Crippen molar-refractivity contribution in [2.45, 2.75) is 32.9 Å². The molecule has 112 valence electrons. The van der Waals surface area contributed by atoms with Gasteiger partial charge in [0, 0.05) is 30.2 Å². The van der Waals surface area contributed by atoms with Gasteiger partial charge in [-0.3, -0.25) is 0 Å². The van der Waals surface area contributed by atoms with Crippen LogP contribution in [-0.4, -0.2) is 29.9 Å². The molecule has 0 atom stereocenters. The summed E-state index contributed by atoms with van der Waals surface area (Å²) in [5.41, 5.74) is 0.146. The number of ether oxygens (including phenoxy) is 1. The first-order valence-corrected chi connectivity index (χ1v) is 6.81. The summed E-state index contributed by atoms with van der Waals surface area (Å²) in [4.78, 5) is 11.4. The topological polar surface area (TPSA) is 70.6 Å². The van der Waals surface area contributed by atoms with E-state index in [0.29, 0.717) is 30.2 Å². The molecule has 1 aromatic rings. The number of hydrogen-bond donors (Lipinski definition) is 3. The van der Waals surface area contributed by atoms with Crippen molar-refractivity contribution in [1.82, 2.24) is 10.6 Å². The number of carbonyl (C=O) groups is 1. The van der Waals surface area contributed by atoms with Crippen molar-refractivity contribution in [3.05, 3.63) is 28.8 Å². The van der Waals surface area contributed by atoms with Crippen molar-refractivity contribution in [1.29, 1.82) is 0 Å². The fourth-order valence-corrected chi connectivity index (χ4v) is 1.74. The summed E-state index contributed by atoms with van der Waals surface area (Å²) in [6.07, 6.45) is -0.445. The van der Waals surface area contributed by atoms with E-state index in [0.717, 1.165) is 0 Å². The molecule has 20 heavy (non-hydrogen) atoms. The number of nitrogens with one attached hydrogen (secondary N) is 2. The zero-order valence-corrected chi connectivity index (χ0v) is 12.8. The maximum Gasteiger partial charge on any atom is 0.407 e. The molecule has 0 fully saturated rings. The van der Waals surface area contributed by atoms with Gasteiger partial charge in [-0.2, -0.15) is 0 Å². The van der Waals surface area contributed by atoms with Crippen LogP contribution in [0.2, 0.25) is 5.02 Å². The van der Waals surface area contributed by atoms with Crippen LogP contribution in [0, 0.1) is 0 Å². The van der Waals surface area contributed by atoms with Gasteiger partial charge in [-0.1, -0.05) is 17.7 Å². The minimum atomic E-state index is -0.499. The summed E-state index contributed by atoms with van der Waals surface area (Å²) in [5, 5.41) is 15.9. The molecular weight excluding hydrogens is 280 g/mol. The Labute approximate surface area is 124 Å². The van der Waals surface area contributed by atoms with Crippen LogP contribution in [0.25, 0.3) is 0 Å². The minimum Gasteiger partial charge on any atom is -0.508 e. The van der Waals surface area contributed by atoms with Gasteiger partial charge in [0.05, 0.1) is 0 Å². The number of phenols is 1. The van der Waals surface area contributed by atoms with Crippen molar-refractivity contribution in [3.63, 3.8) is 0 Å². The molecule has 1 amide bonds. The molecule has 0 unspecified atom stereocenters. The molecule has 0 saturated heterocycles. The van der Waals surface area contributed by atoms with E-state index in [4.69, 9.17) is 16.3 Å². The van der Waals surface area contributed by atoms with Gasteiger partial charge >= 0.3 is 6.09 Å². The molecule has 5 nitrogen and oxygen atoms in total. The lowest BCUT2D eigenvalue weighted by molar-refractivity contribution is 0.0528. The summed E-state index contributed by atoms with van der Waals surface area (Å²) in [5.74, 6) is 0.158. The number of amides is 1. The van der Waals surface area contributed by atoms with E-state index in [1.54, 1.807) is 18.2 Å². The van der Waals surface area contributed by atoms with Crippen LogP contribution in [0.1, 0.15) is 26.3 Å². The lowest BCUT2D eigenvalue weighted by Crippen LogP contribution is -2.36. The third kappa shape index (κ3) is 6.12. The summed E-state index contributed by atoms with van der Waals surface area (Å²) in [6, 6.07) is 4.99. The Morgan fingerprint density at radius 2 is 2.05 bits per heavy atom. The second kappa shape index (κ2) is 7.36. The van der Waals surface area contributed by atoms with E-state index in [9.17, 15) is 9.90 Å². The highest BCUT2D eigenvalue weighted by atomic mass is 35.5. The van der Waals surface area contributed by atoms with E-state index in [2.05, 4.69) is 10.6 Å². The van der Waals surface area contributed by atoms with Crippen LogP contribution in [0.4, 0.5) is 4.79 Å². The molecule has 0 bridgehead atoms. The van der Waals surface area contributed by atoms with Crippen LogP contribution in [-0.2, 0) is 11.3 Å². The Morgan fingerprint density at radius 1 is 1.35 bits per heavy atom. The number of aromatic hydroxyl groups is 1. The zero-order valence-electron chi connectivity index (χ0n) is 12.0. The molecule has 6 heteroatoms. The van der Waals surface area contributed by atoms with Crippen LogP contribution in [0.3, 0.4) is 0 Å². The van der Waals surface area contributed by atoms with Crippen LogP contribution >= 0.6 is 11.6 Å². The Kier molecular flexibility index (Phi) is 6.10. The number of benzene rings is 1. The fourth-order valence-electron chi connectivity index (χ4n) is 1.50. The van der Waals surface area contributed by atoms with Crippen LogP contribution in [0.5, 0.6) is 5.75 Å². The quantitative estimate of drug-likeness (QED) is 0.731. The normalized spacial score (nSPS) is 11.2. The monoisotopic (exact) mass is 300 g/mol. The number of halogens is 1. The molecule has 0 saturated carbocycles. The SMILES string of the molecule is CC(C)(C)OC(=O)NCCNCc1c(O)cccc1Cl. The summed E-state index contributed by atoms with van der Waals surface area (Å²) in [6.45, 7) is 6.84. The van der Waals surface area contributed by atoms with Gasteiger partial charge in [-0.15, -0.1) is 0 Å². The predicted octanol–water partition coefficient (Wildman–Crippen LogP) is 2.66. The first kappa shape index (κ1) is 16.6. The number of hydrogen-bond acceptors (Lipinski definition) is 4. The average Bonchev–Trinajstić information content (AvgIpc) is 2.29. The maximum absolute atomic E-state index is 11.4. The lowest BCUT2D eigenvalue weighted by atomic mass is 10.2. The Bertz CT molecular complexity index is 438. The number of alkyl carbamates (subject to hydrolysis) is 1. The Morgan fingerprint density at radius 3 is 2.65 bits per heavy atom. The summed E-state index contributed by atoms with van der Waals surface area (Å²) in [7, 11) is 0. The molecule has 3 N–H and O–H groups in total. The molecule has 1 aromatic carbocycles. The third-order valence-corrected chi connectivity index (χ3v) is 2.72. The highest BCUT2D eigenvalue weighted by molar-refractivity contribution is 6.31. The average molecular weight is 301 g/mol. The van der Waals surface area contributed by atoms with Crippen LogP contribution < -0.4 is 10.6 Å². The van der Waals surface area contributed by atoms with Crippen molar-refractivity contribution < 1.29 is 14.6 Å². The van der Waals surface area contributed by atoms with Gasteiger partial charge < -0.3 is 20.5 Å². The highest BCUT2D eigenvalue weighted by Gasteiger charge is 2.15. The molecule has 0 radical (unpaired) electrons. The van der Waals surface area contributed by atoms with Crippen LogP contribution in [0.15, 0.2) is 18.2 Å². The van der Waals surface area contributed by atoms with Gasteiger partial charge in [-0.05, 0) is 32.9 Å². The minimum absolute atomic E-state index is 0.158. The number of phenolic OH excluding ortho intramolecular Hbond substituents is 1. The van der Waals surface area contributed by atoms with Gasteiger partial charge in [0.15, 0.2) is 0 Å². The molecular formula is C14H21ClN2O3. The van der Waals surface area contributed by atoms with Gasteiger partial charge in [0.25, 0.3) is 0 Å².